The first-order valence-corrected chi connectivity index (χ1v) is 8.87. The van der Waals surface area contributed by atoms with E-state index in [0.717, 1.165) is 16.7 Å². The number of hydrogen-bond donors (Lipinski definition) is 0. The maximum absolute atomic E-state index is 6.58. The van der Waals surface area contributed by atoms with Crippen molar-refractivity contribution in [1.82, 2.24) is 0 Å². The molecule has 132 valence electrons. The van der Waals surface area contributed by atoms with E-state index in [-0.39, 0.29) is 0 Å². The highest BCUT2D eigenvalue weighted by molar-refractivity contribution is 5.47. The monoisotopic (exact) mass is 344 g/mol. The molecule has 0 fully saturated rings. The van der Waals surface area contributed by atoms with Gasteiger partial charge in [-0.15, -0.1) is 6.58 Å². The Balaban J connectivity index is 2.07. The normalized spacial score (nSPS) is 11.2. The molecule has 0 saturated carbocycles. The summed E-state index contributed by atoms with van der Waals surface area (Å²) in [6, 6.07) is 31.1. The molecule has 3 aromatic carbocycles. The van der Waals surface area contributed by atoms with Crippen LogP contribution in [0.2, 0.25) is 0 Å². The van der Waals surface area contributed by atoms with Crippen LogP contribution in [0.3, 0.4) is 0 Å². The molecule has 2 heteroatoms. The van der Waals surface area contributed by atoms with Gasteiger partial charge in [0.15, 0.2) is 0 Å². The Labute approximate surface area is 155 Å². The molecular formula is C24H24O2. The second-order valence-electron chi connectivity index (χ2n) is 5.99. The van der Waals surface area contributed by atoms with Crippen molar-refractivity contribution in [2.75, 3.05) is 19.8 Å². The van der Waals surface area contributed by atoms with Gasteiger partial charge in [0, 0.05) is 0 Å². The zero-order valence-electron chi connectivity index (χ0n) is 14.9. The van der Waals surface area contributed by atoms with Gasteiger partial charge in [0.2, 0.25) is 0 Å². The van der Waals surface area contributed by atoms with Crippen molar-refractivity contribution < 1.29 is 9.47 Å². The van der Waals surface area contributed by atoms with Crippen LogP contribution in [-0.4, -0.2) is 19.8 Å². The van der Waals surface area contributed by atoms with E-state index in [9.17, 15) is 0 Å². The Morgan fingerprint density at radius 3 is 1.46 bits per heavy atom. The standard InChI is InChI=1S/C24H24O2/c1-2-18-25-19-20-26-24(21-12-6-3-7-13-21,22-14-8-4-9-15-22)23-16-10-5-11-17-23/h2-17H,1,18-20H2. The molecule has 0 aliphatic rings. The van der Waals surface area contributed by atoms with E-state index in [4.69, 9.17) is 9.47 Å². The molecule has 0 aliphatic heterocycles. The second-order valence-corrected chi connectivity index (χ2v) is 5.99. The highest BCUT2D eigenvalue weighted by Crippen LogP contribution is 2.40. The Morgan fingerprint density at radius 1 is 0.654 bits per heavy atom. The molecule has 0 aliphatic carbocycles. The zero-order chi connectivity index (χ0) is 18.1. The molecule has 0 spiro atoms. The van der Waals surface area contributed by atoms with Crippen molar-refractivity contribution in [1.29, 1.82) is 0 Å². The van der Waals surface area contributed by atoms with Crippen LogP contribution in [0.1, 0.15) is 16.7 Å². The molecule has 0 bridgehead atoms. The van der Waals surface area contributed by atoms with Crippen LogP contribution in [0.25, 0.3) is 0 Å². The van der Waals surface area contributed by atoms with Crippen molar-refractivity contribution in [3.63, 3.8) is 0 Å². The van der Waals surface area contributed by atoms with Gasteiger partial charge in [0.25, 0.3) is 0 Å². The van der Waals surface area contributed by atoms with Crippen LogP contribution in [0.4, 0.5) is 0 Å². The van der Waals surface area contributed by atoms with Crippen LogP contribution in [0, 0.1) is 0 Å². The van der Waals surface area contributed by atoms with Gasteiger partial charge in [-0.2, -0.15) is 0 Å². The molecule has 0 atom stereocenters. The van der Waals surface area contributed by atoms with Crippen molar-refractivity contribution in [2.45, 2.75) is 5.60 Å². The lowest BCUT2D eigenvalue weighted by atomic mass is 9.80. The molecule has 2 nitrogen and oxygen atoms in total. The van der Waals surface area contributed by atoms with Crippen LogP contribution in [0.5, 0.6) is 0 Å². The second kappa shape index (κ2) is 9.14. The molecule has 3 aromatic rings. The first kappa shape index (κ1) is 18.1. The molecule has 0 N–H and O–H groups in total. The van der Waals surface area contributed by atoms with E-state index >= 15 is 0 Å². The first-order chi connectivity index (χ1) is 12.9. The van der Waals surface area contributed by atoms with Gasteiger partial charge in [0.1, 0.15) is 5.60 Å². The smallest absolute Gasteiger partial charge is 0.143 e. The van der Waals surface area contributed by atoms with E-state index in [2.05, 4.69) is 43.0 Å². The van der Waals surface area contributed by atoms with Crippen LogP contribution < -0.4 is 0 Å². The van der Waals surface area contributed by atoms with E-state index in [0.29, 0.717) is 19.8 Å². The van der Waals surface area contributed by atoms with Gasteiger partial charge in [0.05, 0.1) is 19.8 Å². The Bertz CT molecular complexity index is 686. The van der Waals surface area contributed by atoms with Gasteiger partial charge >= 0.3 is 0 Å². The fraction of sp³-hybridized carbons (Fsp3) is 0.167. The minimum absolute atomic E-state index is 0.479. The predicted molar refractivity (Wildman–Crippen MR) is 106 cm³/mol. The third-order valence-electron chi connectivity index (χ3n) is 4.32. The fourth-order valence-electron chi connectivity index (χ4n) is 3.19. The van der Waals surface area contributed by atoms with Crippen LogP contribution in [0.15, 0.2) is 104 Å². The van der Waals surface area contributed by atoms with Gasteiger partial charge in [-0.25, -0.2) is 0 Å². The summed E-state index contributed by atoms with van der Waals surface area (Å²) in [4.78, 5) is 0. The number of rotatable bonds is 9. The fourth-order valence-corrected chi connectivity index (χ4v) is 3.19. The maximum Gasteiger partial charge on any atom is 0.143 e. The summed E-state index contributed by atoms with van der Waals surface area (Å²) >= 11 is 0. The highest BCUT2D eigenvalue weighted by atomic mass is 16.5. The van der Waals surface area contributed by atoms with Crippen molar-refractivity contribution in [2.24, 2.45) is 0 Å². The summed E-state index contributed by atoms with van der Waals surface area (Å²) in [6.45, 7) is 5.20. The summed E-state index contributed by atoms with van der Waals surface area (Å²) in [5, 5.41) is 0. The molecule has 0 heterocycles. The molecule has 0 radical (unpaired) electrons. The zero-order valence-corrected chi connectivity index (χ0v) is 14.9. The van der Waals surface area contributed by atoms with Crippen LogP contribution >= 0.6 is 0 Å². The third kappa shape index (κ3) is 3.93. The van der Waals surface area contributed by atoms with Crippen molar-refractivity contribution in [3.8, 4) is 0 Å². The van der Waals surface area contributed by atoms with Gasteiger partial charge in [-0.05, 0) is 16.7 Å². The molecule has 3 rings (SSSR count). The van der Waals surface area contributed by atoms with Crippen molar-refractivity contribution >= 4 is 0 Å². The highest BCUT2D eigenvalue weighted by Gasteiger charge is 2.37. The van der Waals surface area contributed by atoms with Crippen molar-refractivity contribution in [3.05, 3.63) is 120 Å². The lowest BCUT2D eigenvalue weighted by Gasteiger charge is -2.36. The topological polar surface area (TPSA) is 18.5 Å². The third-order valence-corrected chi connectivity index (χ3v) is 4.32. The molecule has 0 unspecified atom stereocenters. The summed E-state index contributed by atoms with van der Waals surface area (Å²) < 4.78 is 12.1. The average Bonchev–Trinajstić information content (AvgIpc) is 2.73. The Kier molecular flexibility index (Phi) is 6.37. The van der Waals surface area contributed by atoms with E-state index < -0.39 is 5.60 Å². The minimum atomic E-state index is -0.679. The lowest BCUT2D eigenvalue weighted by molar-refractivity contribution is -0.0196. The number of ether oxygens (including phenoxy) is 2. The summed E-state index contributed by atoms with van der Waals surface area (Å²) in [7, 11) is 0. The average molecular weight is 344 g/mol. The molecule has 0 aromatic heterocycles. The molecular weight excluding hydrogens is 320 g/mol. The van der Waals surface area contributed by atoms with Crippen LogP contribution in [-0.2, 0) is 15.1 Å². The minimum Gasteiger partial charge on any atom is -0.375 e. The van der Waals surface area contributed by atoms with Gasteiger partial charge in [-0.1, -0.05) is 97.1 Å². The number of benzene rings is 3. The van der Waals surface area contributed by atoms with E-state index in [1.54, 1.807) is 6.08 Å². The molecule has 0 amide bonds. The van der Waals surface area contributed by atoms with E-state index in [1.807, 2.05) is 54.6 Å². The van der Waals surface area contributed by atoms with E-state index in [1.165, 1.54) is 0 Å². The number of hydrogen-bond acceptors (Lipinski definition) is 2. The molecule has 0 saturated heterocycles. The van der Waals surface area contributed by atoms with Gasteiger partial charge in [-0.3, -0.25) is 0 Å². The summed E-state index contributed by atoms with van der Waals surface area (Å²) in [5.74, 6) is 0. The SMILES string of the molecule is C=CCOCCOC(c1ccccc1)(c1ccccc1)c1ccccc1. The first-order valence-electron chi connectivity index (χ1n) is 8.87. The lowest BCUT2D eigenvalue weighted by Crippen LogP contribution is -2.34. The Hall–Kier alpha value is -2.68. The Morgan fingerprint density at radius 2 is 1.08 bits per heavy atom. The maximum atomic E-state index is 6.58. The summed E-state index contributed by atoms with van der Waals surface area (Å²) in [6.07, 6.45) is 1.75. The molecule has 26 heavy (non-hydrogen) atoms. The largest absolute Gasteiger partial charge is 0.375 e. The summed E-state index contributed by atoms with van der Waals surface area (Å²) in [5.41, 5.74) is 2.62. The van der Waals surface area contributed by atoms with Gasteiger partial charge < -0.3 is 9.47 Å². The quantitative estimate of drug-likeness (QED) is 0.302. The predicted octanol–water partition coefficient (Wildman–Crippen LogP) is 5.20.